The zero-order valence-corrected chi connectivity index (χ0v) is 11.6. The summed E-state index contributed by atoms with van der Waals surface area (Å²) in [5.74, 6) is -0.795. The highest BCUT2D eigenvalue weighted by molar-refractivity contribution is 5.90. The molecule has 0 spiro atoms. The fourth-order valence-electron chi connectivity index (χ4n) is 1.44. The van der Waals surface area contributed by atoms with Crippen LogP contribution in [0.3, 0.4) is 0 Å². The van der Waals surface area contributed by atoms with Crippen LogP contribution in [-0.4, -0.2) is 39.4 Å². The number of rotatable bonds is 7. The van der Waals surface area contributed by atoms with Crippen LogP contribution < -0.4 is 0 Å². The van der Waals surface area contributed by atoms with Gasteiger partial charge in [0.05, 0.1) is 19.3 Å². The number of hydrogen-bond donors (Lipinski definition) is 0. The molecule has 0 amide bonds. The van der Waals surface area contributed by atoms with E-state index in [4.69, 9.17) is 9.47 Å². The van der Waals surface area contributed by atoms with Crippen molar-refractivity contribution in [1.82, 2.24) is 0 Å². The molecule has 1 aromatic carbocycles. The van der Waals surface area contributed by atoms with Gasteiger partial charge in [0.25, 0.3) is 0 Å². The van der Waals surface area contributed by atoms with E-state index >= 15 is 0 Å². The molecule has 0 heterocycles. The summed E-state index contributed by atoms with van der Waals surface area (Å²) in [4.78, 5) is 22.6. The van der Waals surface area contributed by atoms with E-state index < -0.39 is 11.9 Å². The molecule has 0 aromatic heterocycles. The predicted molar refractivity (Wildman–Crippen MR) is 74.3 cm³/mol. The van der Waals surface area contributed by atoms with Crippen LogP contribution in [0.1, 0.15) is 22.3 Å². The van der Waals surface area contributed by atoms with Gasteiger partial charge in [-0.15, -0.1) is 0 Å². The molecule has 20 heavy (non-hydrogen) atoms. The van der Waals surface area contributed by atoms with Crippen molar-refractivity contribution >= 4 is 18.0 Å². The second kappa shape index (κ2) is 8.87. The molecule has 0 atom stereocenters. The van der Waals surface area contributed by atoms with Gasteiger partial charge in [0.2, 0.25) is 0 Å². The third kappa shape index (κ3) is 5.67. The molecule has 0 radical (unpaired) electrons. The Balaban J connectivity index is 2.45. The van der Waals surface area contributed by atoms with Crippen molar-refractivity contribution in [2.45, 2.75) is 6.42 Å². The number of ether oxygens (including phenoxy) is 3. The summed E-state index contributed by atoms with van der Waals surface area (Å²) in [6, 6.07) is 6.72. The zero-order valence-electron chi connectivity index (χ0n) is 11.6. The third-order valence-electron chi connectivity index (χ3n) is 2.48. The molecule has 0 N–H and O–H groups in total. The Morgan fingerprint density at radius 2 is 1.80 bits per heavy atom. The molecule has 0 saturated heterocycles. The fraction of sp³-hybridized carbons (Fsp3) is 0.333. The van der Waals surface area contributed by atoms with Gasteiger partial charge in [0.15, 0.2) is 0 Å². The van der Waals surface area contributed by atoms with E-state index in [-0.39, 0.29) is 0 Å². The molecule has 108 valence electrons. The molecule has 5 heteroatoms. The van der Waals surface area contributed by atoms with Gasteiger partial charge in [-0.1, -0.05) is 12.1 Å². The van der Waals surface area contributed by atoms with Crippen molar-refractivity contribution < 1.29 is 23.8 Å². The van der Waals surface area contributed by atoms with Gasteiger partial charge in [0, 0.05) is 26.2 Å². The maximum absolute atomic E-state index is 11.4. The second-order valence-electron chi connectivity index (χ2n) is 3.96. The van der Waals surface area contributed by atoms with E-state index in [1.54, 1.807) is 37.5 Å². The monoisotopic (exact) mass is 278 g/mol. The largest absolute Gasteiger partial charge is 0.465 e. The average Bonchev–Trinajstić information content (AvgIpc) is 2.49. The standard InChI is InChI=1S/C15H18O5/c1-18-10-3-11-20-14(16)9-6-12-4-7-13(8-5-12)15(17)19-2/h4-9H,3,10-11H2,1-2H3/b9-6+. The molecule has 0 saturated carbocycles. The molecule has 0 aliphatic heterocycles. The summed E-state index contributed by atoms with van der Waals surface area (Å²) in [5, 5.41) is 0. The van der Waals surface area contributed by atoms with Crippen molar-refractivity contribution in [3.05, 3.63) is 41.5 Å². The van der Waals surface area contributed by atoms with E-state index in [1.807, 2.05) is 0 Å². The molecule has 0 unspecified atom stereocenters. The van der Waals surface area contributed by atoms with E-state index in [0.29, 0.717) is 25.2 Å². The number of hydrogen-bond acceptors (Lipinski definition) is 5. The lowest BCUT2D eigenvalue weighted by atomic mass is 10.1. The normalized spacial score (nSPS) is 10.5. The highest BCUT2D eigenvalue weighted by Gasteiger charge is 2.03. The summed E-state index contributed by atoms with van der Waals surface area (Å²) in [6.45, 7) is 0.893. The quantitative estimate of drug-likeness (QED) is 0.434. The Labute approximate surface area is 118 Å². The van der Waals surface area contributed by atoms with Crippen molar-refractivity contribution in [3.63, 3.8) is 0 Å². The minimum absolute atomic E-state index is 0.332. The number of carbonyl (C=O) groups excluding carboxylic acids is 2. The second-order valence-corrected chi connectivity index (χ2v) is 3.96. The van der Waals surface area contributed by atoms with Gasteiger partial charge in [-0.25, -0.2) is 9.59 Å². The van der Waals surface area contributed by atoms with Gasteiger partial charge in [0.1, 0.15) is 0 Å². The number of benzene rings is 1. The minimum Gasteiger partial charge on any atom is -0.465 e. The fourth-order valence-corrected chi connectivity index (χ4v) is 1.44. The maximum atomic E-state index is 11.4. The Bertz CT molecular complexity index is 462. The lowest BCUT2D eigenvalue weighted by molar-refractivity contribution is -0.138. The Hall–Kier alpha value is -2.14. The lowest BCUT2D eigenvalue weighted by Gasteiger charge is -2.01. The summed E-state index contributed by atoms with van der Waals surface area (Å²) in [5.41, 5.74) is 1.26. The summed E-state index contributed by atoms with van der Waals surface area (Å²) < 4.78 is 14.4. The first kappa shape index (κ1) is 15.9. The van der Waals surface area contributed by atoms with Crippen LogP contribution in [-0.2, 0) is 19.0 Å². The molecular weight excluding hydrogens is 260 g/mol. The first-order valence-electron chi connectivity index (χ1n) is 6.19. The predicted octanol–water partition coefficient (Wildman–Crippen LogP) is 2.07. The summed E-state index contributed by atoms with van der Waals surface area (Å²) in [7, 11) is 2.93. The van der Waals surface area contributed by atoms with Crippen LogP contribution >= 0.6 is 0 Å². The minimum atomic E-state index is -0.404. The van der Waals surface area contributed by atoms with Crippen LogP contribution in [0.4, 0.5) is 0 Å². The van der Waals surface area contributed by atoms with Gasteiger partial charge in [-0.3, -0.25) is 0 Å². The molecule has 0 fully saturated rings. The first-order valence-corrected chi connectivity index (χ1v) is 6.19. The van der Waals surface area contributed by atoms with Gasteiger partial charge in [-0.05, 0) is 23.8 Å². The van der Waals surface area contributed by atoms with Crippen LogP contribution in [0, 0.1) is 0 Å². The molecule has 1 aromatic rings. The van der Waals surface area contributed by atoms with Crippen LogP contribution in [0.25, 0.3) is 6.08 Å². The molecule has 1 rings (SSSR count). The third-order valence-corrected chi connectivity index (χ3v) is 2.48. The number of methoxy groups -OCH3 is 2. The topological polar surface area (TPSA) is 61.8 Å². The Morgan fingerprint density at radius 1 is 1.10 bits per heavy atom. The number of carbonyl (C=O) groups is 2. The Kier molecular flexibility index (Phi) is 7.06. The summed E-state index contributed by atoms with van der Waals surface area (Å²) >= 11 is 0. The van der Waals surface area contributed by atoms with Crippen LogP contribution in [0.5, 0.6) is 0 Å². The zero-order chi connectivity index (χ0) is 14.8. The van der Waals surface area contributed by atoms with Crippen LogP contribution in [0.15, 0.2) is 30.3 Å². The van der Waals surface area contributed by atoms with Gasteiger partial charge < -0.3 is 14.2 Å². The average molecular weight is 278 g/mol. The molecule has 0 aliphatic rings. The molecule has 5 nitrogen and oxygen atoms in total. The van der Waals surface area contributed by atoms with Gasteiger partial charge in [-0.2, -0.15) is 0 Å². The Morgan fingerprint density at radius 3 is 2.40 bits per heavy atom. The highest BCUT2D eigenvalue weighted by Crippen LogP contribution is 2.07. The van der Waals surface area contributed by atoms with Crippen molar-refractivity contribution in [1.29, 1.82) is 0 Å². The van der Waals surface area contributed by atoms with Gasteiger partial charge >= 0.3 is 11.9 Å². The summed E-state index contributed by atoms with van der Waals surface area (Å²) in [6.07, 6.45) is 3.64. The first-order chi connectivity index (χ1) is 9.67. The van der Waals surface area contributed by atoms with E-state index in [9.17, 15) is 9.59 Å². The molecular formula is C15H18O5. The molecule has 0 bridgehead atoms. The highest BCUT2D eigenvalue weighted by atomic mass is 16.5. The van der Waals surface area contributed by atoms with Crippen molar-refractivity contribution in [2.24, 2.45) is 0 Å². The SMILES string of the molecule is COCCCOC(=O)/C=C/c1ccc(C(=O)OC)cc1. The lowest BCUT2D eigenvalue weighted by Crippen LogP contribution is -2.04. The van der Waals surface area contributed by atoms with E-state index in [1.165, 1.54) is 13.2 Å². The van der Waals surface area contributed by atoms with Crippen molar-refractivity contribution in [3.8, 4) is 0 Å². The van der Waals surface area contributed by atoms with E-state index in [2.05, 4.69) is 4.74 Å². The molecule has 0 aliphatic carbocycles. The number of esters is 2. The smallest absolute Gasteiger partial charge is 0.337 e. The van der Waals surface area contributed by atoms with E-state index in [0.717, 1.165) is 5.56 Å². The maximum Gasteiger partial charge on any atom is 0.337 e. The van der Waals surface area contributed by atoms with Crippen LogP contribution in [0.2, 0.25) is 0 Å². The van der Waals surface area contributed by atoms with Crippen molar-refractivity contribution in [2.75, 3.05) is 27.4 Å².